The largest absolute Gasteiger partial charge is 0.370 e. The SMILES string of the molecule is CC(C)CCCC(C)CCCC1(C)Cc2ccccc2CO1. The van der Waals surface area contributed by atoms with Crippen molar-refractivity contribution in [2.45, 2.75) is 84.8 Å². The standard InChI is InChI=1S/C21H34O/c1-17(2)9-7-10-18(3)11-8-14-21(4)15-19-12-5-6-13-20(19)16-22-21/h5-6,12-13,17-18H,7-11,14-16H2,1-4H3. The van der Waals surface area contributed by atoms with Crippen molar-refractivity contribution in [3.63, 3.8) is 0 Å². The molecule has 0 aliphatic carbocycles. The van der Waals surface area contributed by atoms with E-state index in [-0.39, 0.29) is 5.60 Å². The van der Waals surface area contributed by atoms with Crippen molar-refractivity contribution in [3.05, 3.63) is 35.4 Å². The minimum absolute atomic E-state index is 0.0476. The van der Waals surface area contributed by atoms with Gasteiger partial charge in [0.25, 0.3) is 0 Å². The van der Waals surface area contributed by atoms with Gasteiger partial charge in [-0.05, 0) is 36.3 Å². The first-order chi connectivity index (χ1) is 10.5. The first-order valence-electron chi connectivity index (χ1n) is 9.19. The Labute approximate surface area is 137 Å². The van der Waals surface area contributed by atoms with Crippen LogP contribution in [0.25, 0.3) is 0 Å². The summed E-state index contributed by atoms with van der Waals surface area (Å²) in [6.45, 7) is 10.1. The Kier molecular flexibility index (Phi) is 6.50. The molecule has 0 saturated carbocycles. The Morgan fingerprint density at radius 1 is 1.00 bits per heavy atom. The van der Waals surface area contributed by atoms with Crippen molar-refractivity contribution in [2.75, 3.05) is 0 Å². The second kappa shape index (κ2) is 8.15. The molecule has 2 unspecified atom stereocenters. The summed E-state index contributed by atoms with van der Waals surface area (Å²) in [5.74, 6) is 1.71. The summed E-state index contributed by atoms with van der Waals surface area (Å²) >= 11 is 0. The maximum atomic E-state index is 6.19. The third kappa shape index (κ3) is 5.43. The van der Waals surface area contributed by atoms with Crippen molar-refractivity contribution in [3.8, 4) is 0 Å². The van der Waals surface area contributed by atoms with Crippen molar-refractivity contribution in [1.29, 1.82) is 0 Å². The smallest absolute Gasteiger partial charge is 0.0727 e. The van der Waals surface area contributed by atoms with Crippen LogP contribution in [0.4, 0.5) is 0 Å². The maximum absolute atomic E-state index is 6.19. The molecular weight excluding hydrogens is 268 g/mol. The average Bonchev–Trinajstić information content (AvgIpc) is 2.46. The summed E-state index contributed by atoms with van der Waals surface area (Å²) in [6.07, 6.45) is 9.06. The number of hydrogen-bond donors (Lipinski definition) is 0. The molecule has 22 heavy (non-hydrogen) atoms. The average molecular weight is 303 g/mol. The van der Waals surface area contributed by atoms with E-state index in [1.54, 1.807) is 0 Å². The van der Waals surface area contributed by atoms with E-state index in [1.807, 2.05) is 0 Å². The molecule has 124 valence electrons. The molecule has 2 atom stereocenters. The van der Waals surface area contributed by atoms with E-state index in [4.69, 9.17) is 4.74 Å². The zero-order valence-electron chi connectivity index (χ0n) is 15.0. The quantitative estimate of drug-likeness (QED) is 0.559. The van der Waals surface area contributed by atoms with E-state index in [0.29, 0.717) is 0 Å². The molecule has 1 aliphatic rings. The minimum atomic E-state index is 0.0476. The van der Waals surface area contributed by atoms with Crippen LogP contribution in [0.5, 0.6) is 0 Å². The van der Waals surface area contributed by atoms with Crippen LogP contribution in [0.3, 0.4) is 0 Å². The number of rotatable bonds is 8. The van der Waals surface area contributed by atoms with Gasteiger partial charge < -0.3 is 4.74 Å². The first-order valence-corrected chi connectivity index (χ1v) is 9.19. The van der Waals surface area contributed by atoms with Gasteiger partial charge in [0.1, 0.15) is 0 Å². The van der Waals surface area contributed by atoms with Crippen LogP contribution >= 0.6 is 0 Å². The molecule has 1 nitrogen and oxygen atoms in total. The Balaban J connectivity index is 1.71. The first kappa shape index (κ1) is 17.5. The lowest BCUT2D eigenvalue weighted by Crippen LogP contribution is -2.35. The van der Waals surface area contributed by atoms with Gasteiger partial charge in [-0.1, -0.05) is 77.1 Å². The number of ether oxygens (including phenoxy) is 1. The molecule has 0 radical (unpaired) electrons. The molecule has 0 fully saturated rings. The monoisotopic (exact) mass is 302 g/mol. The summed E-state index contributed by atoms with van der Waals surface area (Å²) in [5.41, 5.74) is 2.91. The van der Waals surface area contributed by atoms with E-state index < -0.39 is 0 Å². The molecule has 0 saturated heterocycles. The lowest BCUT2D eigenvalue weighted by atomic mass is 9.85. The number of hydrogen-bond acceptors (Lipinski definition) is 1. The van der Waals surface area contributed by atoms with Gasteiger partial charge in [-0.15, -0.1) is 0 Å². The van der Waals surface area contributed by atoms with E-state index in [1.165, 1.54) is 49.7 Å². The molecule has 0 amide bonds. The summed E-state index contributed by atoms with van der Waals surface area (Å²) in [6, 6.07) is 8.74. The molecule has 1 heteroatoms. The van der Waals surface area contributed by atoms with Crippen LogP contribution in [0.2, 0.25) is 0 Å². The van der Waals surface area contributed by atoms with Gasteiger partial charge in [0, 0.05) is 6.42 Å². The number of fused-ring (bicyclic) bond motifs is 1. The van der Waals surface area contributed by atoms with Crippen molar-refractivity contribution >= 4 is 0 Å². The Bertz CT molecular complexity index is 451. The zero-order valence-corrected chi connectivity index (χ0v) is 15.0. The molecule has 1 aromatic rings. The fourth-order valence-corrected chi connectivity index (χ4v) is 3.58. The second-order valence-corrected chi connectivity index (χ2v) is 8.01. The van der Waals surface area contributed by atoms with Gasteiger partial charge in [-0.25, -0.2) is 0 Å². The van der Waals surface area contributed by atoms with E-state index in [0.717, 1.165) is 24.9 Å². The fourth-order valence-electron chi connectivity index (χ4n) is 3.58. The summed E-state index contributed by atoms with van der Waals surface area (Å²) in [5, 5.41) is 0. The van der Waals surface area contributed by atoms with Crippen LogP contribution in [0, 0.1) is 11.8 Å². The van der Waals surface area contributed by atoms with Gasteiger partial charge in [-0.2, -0.15) is 0 Å². The van der Waals surface area contributed by atoms with Crippen molar-refractivity contribution < 1.29 is 4.74 Å². The predicted molar refractivity (Wildman–Crippen MR) is 95.0 cm³/mol. The molecule has 1 aromatic carbocycles. The van der Waals surface area contributed by atoms with E-state index in [9.17, 15) is 0 Å². The molecular formula is C21H34O. The normalized spacial score (nSPS) is 22.6. The lowest BCUT2D eigenvalue weighted by Gasteiger charge is -2.35. The van der Waals surface area contributed by atoms with Gasteiger partial charge in [0.15, 0.2) is 0 Å². The lowest BCUT2D eigenvalue weighted by molar-refractivity contribution is -0.0612. The minimum Gasteiger partial charge on any atom is -0.370 e. The van der Waals surface area contributed by atoms with Gasteiger partial charge in [0.2, 0.25) is 0 Å². The van der Waals surface area contributed by atoms with Crippen LogP contribution in [-0.2, 0) is 17.8 Å². The fraction of sp³-hybridized carbons (Fsp3) is 0.714. The number of benzene rings is 1. The van der Waals surface area contributed by atoms with Crippen LogP contribution in [-0.4, -0.2) is 5.60 Å². The molecule has 0 aromatic heterocycles. The highest BCUT2D eigenvalue weighted by Crippen LogP contribution is 2.32. The van der Waals surface area contributed by atoms with Crippen molar-refractivity contribution in [1.82, 2.24) is 0 Å². The highest BCUT2D eigenvalue weighted by molar-refractivity contribution is 5.29. The summed E-state index contributed by atoms with van der Waals surface area (Å²) in [7, 11) is 0. The Morgan fingerprint density at radius 2 is 1.68 bits per heavy atom. The van der Waals surface area contributed by atoms with Crippen LogP contribution in [0.1, 0.15) is 77.3 Å². The highest BCUT2D eigenvalue weighted by Gasteiger charge is 2.30. The maximum Gasteiger partial charge on any atom is 0.0727 e. The molecule has 2 rings (SSSR count). The van der Waals surface area contributed by atoms with Gasteiger partial charge >= 0.3 is 0 Å². The second-order valence-electron chi connectivity index (χ2n) is 8.01. The van der Waals surface area contributed by atoms with Crippen molar-refractivity contribution in [2.24, 2.45) is 11.8 Å². The topological polar surface area (TPSA) is 9.23 Å². The van der Waals surface area contributed by atoms with Crippen LogP contribution in [0.15, 0.2) is 24.3 Å². The third-order valence-corrected chi connectivity index (χ3v) is 5.14. The molecule has 1 heterocycles. The summed E-state index contributed by atoms with van der Waals surface area (Å²) in [4.78, 5) is 0. The third-order valence-electron chi connectivity index (χ3n) is 5.14. The summed E-state index contributed by atoms with van der Waals surface area (Å²) < 4.78 is 6.19. The molecule has 0 spiro atoms. The Morgan fingerprint density at radius 3 is 2.41 bits per heavy atom. The van der Waals surface area contributed by atoms with Crippen LogP contribution < -0.4 is 0 Å². The van der Waals surface area contributed by atoms with E-state index >= 15 is 0 Å². The van der Waals surface area contributed by atoms with E-state index in [2.05, 4.69) is 52.0 Å². The van der Waals surface area contributed by atoms with Gasteiger partial charge in [-0.3, -0.25) is 0 Å². The zero-order chi connectivity index (χ0) is 16.0. The molecule has 1 aliphatic heterocycles. The molecule has 0 bridgehead atoms. The molecule has 0 N–H and O–H groups in total. The highest BCUT2D eigenvalue weighted by atomic mass is 16.5. The van der Waals surface area contributed by atoms with Gasteiger partial charge in [0.05, 0.1) is 12.2 Å². The predicted octanol–water partition coefficient (Wildman–Crippen LogP) is 6.15. The Hall–Kier alpha value is -0.820.